The van der Waals surface area contributed by atoms with Crippen molar-refractivity contribution < 1.29 is 0 Å². The van der Waals surface area contributed by atoms with Crippen LogP contribution in [-0.2, 0) is 6.42 Å². The second-order valence-corrected chi connectivity index (χ2v) is 5.42. The molecular formula is C13H14BrClN4. The van der Waals surface area contributed by atoms with Gasteiger partial charge in [-0.2, -0.15) is 0 Å². The van der Waals surface area contributed by atoms with Crippen molar-refractivity contribution in [2.75, 3.05) is 11.1 Å². The van der Waals surface area contributed by atoms with Crippen molar-refractivity contribution in [3.8, 4) is 0 Å². The topological polar surface area (TPSA) is 63.8 Å². The molecule has 3 N–H and O–H groups in total. The minimum absolute atomic E-state index is 0.487. The van der Waals surface area contributed by atoms with Crippen molar-refractivity contribution in [3.05, 3.63) is 39.1 Å². The second-order valence-electron chi connectivity index (χ2n) is 4.10. The molecule has 2 aromatic rings. The molecule has 6 heteroatoms. The Kier molecular flexibility index (Phi) is 4.27. The minimum atomic E-state index is 0.487. The number of aryl methyl sites for hydroxylation is 1. The van der Waals surface area contributed by atoms with E-state index in [1.165, 1.54) is 0 Å². The SMILES string of the molecule is CCc1nc(N)c(C)c(Nc2cc(Br)ccc2Cl)n1. The van der Waals surface area contributed by atoms with Crippen LogP contribution in [0.2, 0.25) is 5.02 Å². The normalized spacial score (nSPS) is 10.5. The molecule has 4 nitrogen and oxygen atoms in total. The summed E-state index contributed by atoms with van der Waals surface area (Å²) in [5, 5.41) is 3.83. The Morgan fingerprint density at radius 1 is 1.37 bits per heavy atom. The number of hydrogen-bond acceptors (Lipinski definition) is 4. The van der Waals surface area contributed by atoms with E-state index in [0.717, 1.165) is 22.1 Å². The first-order chi connectivity index (χ1) is 9.01. The fraction of sp³-hybridized carbons (Fsp3) is 0.231. The minimum Gasteiger partial charge on any atom is -0.383 e. The molecule has 0 atom stereocenters. The summed E-state index contributed by atoms with van der Waals surface area (Å²) in [7, 11) is 0. The molecular weight excluding hydrogens is 328 g/mol. The van der Waals surface area contributed by atoms with Crippen LogP contribution < -0.4 is 11.1 Å². The summed E-state index contributed by atoms with van der Waals surface area (Å²) in [6, 6.07) is 5.59. The Morgan fingerprint density at radius 2 is 2.11 bits per heavy atom. The highest BCUT2D eigenvalue weighted by Crippen LogP contribution is 2.30. The van der Waals surface area contributed by atoms with Gasteiger partial charge >= 0.3 is 0 Å². The van der Waals surface area contributed by atoms with Gasteiger partial charge in [0.2, 0.25) is 0 Å². The van der Waals surface area contributed by atoms with Gasteiger partial charge in [-0.3, -0.25) is 0 Å². The van der Waals surface area contributed by atoms with Crippen LogP contribution in [0.1, 0.15) is 18.3 Å². The summed E-state index contributed by atoms with van der Waals surface area (Å²) in [5.74, 6) is 1.88. The van der Waals surface area contributed by atoms with Crippen LogP contribution in [0, 0.1) is 6.92 Å². The van der Waals surface area contributed by atoms with Gasteiger partial charge in [-0.15, -0.1) is 0 Å². The Balaban J connectivity index is 2.42. The monoisotopic (exact) mass is 340 g/mol. The van der Waals surface area contributed by atoms with Crippen LogP contribution >= 0.6 is 27.5 Å². The van der Waals surface area contributed by atoms with Gasteiger partial charge in [0.15, 0.2) is 0 Å². The van der Waals surface area contributed by atoms with Gasteiger partial charge < -0.3 is 11.1 Å². The van der Waals surface area contributed by atoms with Crippen molar-refractivity contribution in [2.45, 2.75) is 20.3 Å². The zero-order chi connectivity index (χ0) is 14.0. The van der Waals surface area contributed by atoms with Crippen molar-refractivity contribution >= 4 is 44.9 Å². The summed E-state index contributed by atoms with van der Waals surface area (Å²) < 4.78 is 0.940. The Bertz CT molecular complexity index is 616. The van der Waals surface area contributed by atoms with E-state index in [0.29, 0.717) is 22.5 Å². The highest BCUT2D eigenvalue weighted by Gasteiger charge is 2.10. The molecule has 0 fully saturated rings. The predicted octanol–water partition coefficient (Wildman–Crippen LogP) is 4.09. The summed E-state index contributed by atoms with van der Waals surface area (Å²) in [4.78, 5) is 8.66. The molecule has 19 heavy (non-hydrogen) atoms. The van der Waals surface area contributed by atoms with Crippen LogP contribution in [0.25, 0.3) is 0 Å². The highest BCUT2D eigenvalue weighted by atomic mass is 79.9. The van der Waals surface area contributed by atoms with Crippen LogP contribution in [0.4, 0.5) is 17.3 Å². The molecule has 0 spiro atoms. The van der Waals surface area contributed by atoms with Crippen LogP contribution in [0.5, 0.6) is 0 Å². The number of nitrogen functional groups attached to an aromatic ring is 1. The number of hydrogen-bond donors (Lipinski definition) is 2. The quantitative estimate of drug-likeness (QED) is 0.882. The lowest BCUT2D eigenvalue weighted by Crippen LogP contribution is -2.06. The maximum Gasteiger partial charge on any atom is 0.139 e. The Morgan fingerprint density at radius 3 is 2.79 bits per heavy atom. The van der Waals surface area contributed by atoms with Crippen molar-refractivity contribution in [1.29, 1.82) is 0 Å². The van der Waals surface area contributed by atoms with Crippen molar-refractivity contribution in [3.63, 3.8) is 0 Å². The summed E-state index contributed by atoms with van der Waals surface area (Å²) >= 11 is 9.57. The zero-order valence-electron chi connectivity index (χ0n) is 10.7. The van der Waals surface area contributed by atoms with E-state index in [1.807, 2.05) is 32.0 Å². The number of rotatable bonds is 3. The van der Waals surface area contributed by atoms with Gasteiger partial charge in [0.1, 0.15) is 17.5 Å². The zero-order valence-corrected chi connectivity index (χ0v) is 13.0. The largest absolute Gasteiger partial charge is 0.383 e. The molecule has 0 saturated carbocycles. The number of anilines is 3. The number of nitrogens with two attached hydrogens (primary N) is 1. The standard InChI is InChI=1S/C13H14BrClN4/c1-3-11-18-12(16)7(2)13(19-11)17-10-6-8(14)4-5-9(10)15/h4-6H,3H2,1-2H3,(H3,16,17,18,19). The molecule has 2 rings (SSSR count). The summed E-state index contributed by atoms with van der Waals surface area (Å²) in [5.41, 5.74) is 7.48. The van der Waals surface area contributed by atoms with Crippen LogP contribution in [0.15, 0.2) is 22.7 Å². The summed E-state index contributed by atoms with van der Waals surface area (Å²) in [6.45, 7) is 3.86. The van der Waals surface area contributed by atoms with E-state index in [9.17, 15) is 0 Å². The van der Waals surface area contributed by atoms with Gasteiger partial charge in [0, 0.05) is 16.5 Å². The first-order valence-electron chi connectivity index (χ1n) is 5.86. The molecule has 1 aromatic heterocycles. The molecule has 0 saturated heterocycles. The molecule has 1 aromatic carbocycles. The van der Waals surface area contributed by atoms with Crippen LogP contribution in [0.3, 0.4) is 0 Å². The van der Waals surface area contributed by atoms with Gasteiger partial charge in [-0.1, -0.05) is 34.5 Å². The van der Waals surface area contributed by atoms with Gasteiger partial charge in [0.05, 0.1) is 10.7 Å². The van der Waals surface area contributed by atoms with E-state index in [-0.39, 0.29) is 0 Å². The van der Waals surface area contributed by atoms with Crippen molar-refractivity contribution in [1.82, 2.24) is 9.97 Å². The second kappa shape index (κ2) is 5.75. The van der Waals surface area contributed by atoms with Crippen LogP contribution in [-0.4, -0.2) is 9.97 Å². The number of benzene rings is 1. The average molecular weight is 342 g/mol. The fourth-order valence-corrected chi connectivity index (χ4v) is 2.11. The maximum atomic E-state index is 6.15. The molecule has 0 aliphatic carbocycles. The molecule has 1 heterocycles. The van der Waals surface area contributed by atoms with Crippen molar-refractivity contribution in [2.24, 2.45) is 0 Å². The molecule has 0 bridgehead atoms. The van der Waals surface area contributed by atoms with E-state index >= 15 is 0 Å². The fourth-order valence-electron chi connectivity index (χ4n) is 1.58. The lowest BCUT2D eigenvalue weighted by molar-refractivity contribution is 0.940. The van der Waals surface area contributed by atoms with E-state index in [1.54, 1.807) is 0 Å². The first-order valence-corrected chi connectivity index (χ1v) is 7.03. The molecule has 0 amide bonds. The molecule has 0 aliphatic rings. The van der Waals surface area contributed by atoms with Gasteiger partial charge in [-0.05, 0) is 25.1 Å². The number of halogens is 2. The lowest BCUT2D eigenvalue weighted by atomic mass is 10.2. The Labute approximate surface area is 125 Å². The molecule has 0 unspecified atom stereocenters. The molecule has 0 aliphatic heterocycles. The Hall–Kier alpha value is -1.33. The third-order valence-electron chi connectivity index (χ3n) is 2.73. The van der Waals surface area contributed by atoms with E-state index in [2.05, 4.69) is 31.2 Å². The number of nitrogens with one attached hydrogen (secondary N) is 1. The highest BCUT2D eigenvalue weighted by molar-refractivity contribution is 9.10. The third-order valence-corrected chi connectivity index (χ3v) is 3.55. The molecule has 100 valence electrons. The summed E-state index contributed by atoms with van der Waals surface area (Å²) in [6.07, 6.45) is 0.728. The van der Waals surface area contributed by atoms with E-state index in [4.69, 9.17) is 17.3 Å². The van der Waals surface area contributed by atoms with Gasteiger partial charge in [0.25, 0.3) is 0 Å². The maximum absolute atomic E-state index is 6.15. The smallest absolute Gasteiger partial charge is 0.139 e. The first kappa shape index (κ1) is 14.1. The average Bonchev–Trinajstić information content (AvgIpc) is 2.38. The van der Waals surface area contributed by atoms with E-state index < -0.39 is 0 Å². The lowest BCUT2D eigenvalue weighted by Gasteiger charge is -2.13. The number of nitrogens with zero attached hydrogens (tertiary/aromatic N) is 2. The predicted molar refractivity (Wildman–Crippen MR) is 83.0 cm³/mol. The van der Waals surface area contributed by atoms with Gasteiger partial charge in [-0.25, -0.2) is 9.97 Å². The number of aromatic nitrogens is 2. The molecule has 0 radical (unpaired) electrons. The third kappa shape index (κ3) is 3.16.